The van der Waals surface area contributed by atoms with E-state index in [1.807, 2.05) is 42.7 Å². The number of amides is 2. The zero-order valence-corrected chi connectivity index (χ0v) is 16.8. The molecule has 0 radical (unpaired) electrons. The molecule has 2 heterocycles. The van der Waals surface area contributed by atoms with E-state index < -0.39 is 0 Å². The summed E-state index contributed by atoms with van der Waals surface area (Å²) in [6.07, 6.45) is 2.72. The molecule has 28 heavy (non-hydrogen) atoms. The predicted molar refractivity (Wildman–Crippen MR) is 108 cm³/mol. The van der Waals surface area contributed by atoms with Crippen molar-refractivity contribution in [1.82, 2.24) is 14.9 Å². The van der Waals surface area contributed by atoms with Crippen LogP contribution in [0.3, 0.4) is 0 Å². The molecule has 1 aliphatic rings. The highest BCUT2D eigenvalue weighted by molar-refractivity contribution is 6.06. The van der Waals surface area contributed by atoms with Gasteiger partial charge >= 0.3 is 0 Å². The molecule has 0 saturated heterocycles. The standard InChI is InChI=1S/C21H28N4O3/c1-4-24(16-9-7-8-15(2)14-16)21(27)18-17-10-5-6-12-25(17)19(23-18)20(26)22-11-13-28-3/h7-9,14H,4-6,10-13H2,1-3H3,(H,22,26). The molecule has 3 rings (SSSR count). The van der Waals surface area contributed by atoms with Crippen LogP contribution >= 0.6 is 0 Å². The van der Waals surface area contributed by atoms with Gasteiger partial charge in [-0.25, -0.2) is 4.98 Å². The molecule has 1 aliphatic heterocycles. The van der Waals surface area contributed by atoms with Crippen LogP contribution in [0.4, 0.5) is 5.69 Å². The molecule has 0 fully saturated rings. The van der Waals surface area contributed by atoms with Crippen LogP contribution < -0.4 is 10.2 Å². The van der Waals surface area contributed by atoms with Crippen molar-refractivity contribution in [2.24, 2.45) is 0 Å². The lowest BCUT2D eigenvalue weighted by atomic mass is 10.1. The highest BCUT2D eigenvalue weighted by atomic mass is 16.5. The number of carbonyl (C=O) groups excluding carboxylic acids is 2. The Hall–Kier alpha value is -2.67. The molecule has 150 valence electrons. The number of benzene rings is 1. The predicted octanol–water partition coefficient (Wildman–Crippen LogP) is 2.57. The molecule has 0 aliphatic carbocycles. The van der Waals surface area contributed by atoms with E-state index in [9.17, 15) is 9.59 Å². The molecule has 0 atom stereocenters. The molecule has 7 heteroatoms. The van der Waals surface area contributed by atoms with E-state index in [0.29, 0.717) is 37.8 Å². The summed E-state index contributed by atoms with van der Waals surface area (Å²) in [5, 5.41) is 2.81. The smallest absolute Gasteiger partial charge is 0.287 e. The Labute approximate surface area is 165 Å². The van der Waals surface area contributed by atoms with Crippen molar-refractivity contribution in [2.75, 3.05) is 31.7 Å². The number of rotatable bonds is 7. The average molecular weight is 384 g/mol. The number of aryl methyl sites for hydroxylation is 1. The first-order valence-electron chi connectivity index (χ1n) is 9.81. The third kappa shape index (κ3) is 4.09. The number of imidazole rings is 1. The van der Waals surface area contributed by atoms with Crippen molar-refractivity contribution in [2.45, 2.75) is 39.7 Å². The number of nitrogens with zero attached hydrogens (tertiary/aromatic N) is 3. The minimum atomic E-state index is -0.266. The zero-order chi connectivity index (χ0) is 20.1. The molecule has 2 amide bonds. The fourth-order valence-electron chi connectivity index (χ4n) is 3.60. The number of methoxy groups -OCH3 is 1. The normalized spacial score (nSPS) is 13.1. The summed E-state index contributed by atoms with van der Waals surface area (Å²) in [4.78, 5) is 32.2. The quantitative estimate of drug-likeness (QED) is 0.745. The van der Waals surface area contributed by atoms with Crippen molar-refractivity contribution < 1.29 is 14.3 Å². The van der Waals surface area contributed by atoms with E-state index in [1.54, 1.807) is 12.0 Å². The zero-order valence-electron chi connectivity index (χ0n) is 16.8. The van der Waals surface area contributed by atoms with Crippen molar-refractivity contribution in [1.29, 1.82) is 0 Å². The van der Waals surface area contributed by atoms with Crippen LogP contribution in [0, 0.1) is 6.92 Å². The first-order valence-corrected chi connectivity index (χ1v) is 9.81. The maximum atomic E-state index is 13.4. The topological polar surface area (TPSA) is 76.5 Å². The molecule has 0 spiro atoms. The summed E-state index contributed by atoms with van der Waals surface area (Å²) in [6.45, 7) is 6.03. The number of hydrogen-bond acceptors (Lipinski definition) is 4. The van der Waals surface area contributed by atoms with Crippen LogP contribution in [0.1, 0.15) is 52.1 Å². The number of aromatic nitrogens is 2. The Morgan fingerprint density at radius 3 is 2.86 bits per heavy atom. The minimum Gasteiger partial charge on any atom is -0.383 e. The average Bonchev–Trinajstić information content (AvgIpc) is 3.08. The summed E-state index contributed by atoms with van der Waals surface area (Å²) in [7, 11) is 1.59. The molecule has 0 unspecified atom stereocenters. The SMILES string of the molecule is CCN(C(=O)c1nc(C(=O)NCCOC)n2c1CCCC2)c1cccc(C)c1. The Morgan fingerprint density at radius 2 is 2.14 bits per heavy atom. The molecular weight excluding hydrogens is 356 g/mol. The highest BCUT2D eigenvalue weighted by Gasteiger charge is 2.30. The first-order chi connectivity index (χ1) is 13.6. The van der Waals surface area contributed by atoms with Crippen LogP contribution in [-0.2, 0) is 17.7 Å². The van der Waals surface area contributed by atoms with E-state index in [2.05, 4.69) is 10.3 Å². The van der Waals surface area contributed by atoms with Gasteiger partial charge in [-0.1, -0.05) is 12.1 Å². The molecule has 1 aromatic carbocycles. The largest absolute Gasteiger partial charge is 0.383 e. The second-order valence-corrected chi connectivity index (χ2v) is 6.98. The van der Waals surface area contributed by atoms with Gasteiger partial charge in [0.2, 0.25) is 0 Å². The van der Waals surface area contributed by atoms with E-state index in [-0.39, 0.29) is 11.8 Å². The van der Waals surface area contributed by atoms with Gasteiger partial charge in [-0.3, -0.25) is 9.59 Å². The number of anilines is 1. The third-order valence-electron chi connectivity index (χ3n) is 4.99. The van der Waals surface area contributed by atoms with Gasteiger partial charge in [-0.05, 0) is 50.8 Å². The lowest BCUT2D eigenvalue weighted by molar-refractivity contribution is 0.0921. The van der Waals surface area contributed by atoms with Crippen LogP contribution in [0.15, 0.2) is 24.3 Å². The van der Waals surface area contributed by atoms with Crippen molar-refractivity contribution in [3.8, 4) is 0 Å². The highest BCUT2D eigenvalue weighted by Crippen LogP contribution is 2.25. The fourth-order valence-corrected chi connectivity index (χ4v) is 3.60. The van der Waals surface area contributed by atoms with Crippen molar-refractivity contribution >= 4 is 17.5 Å². The molecule has 1 N–H and O–H groups in total. The molecule has 7 nitrogen and oxygen atoms in total. The number of hydrogen-bond donors (Lipinski definition) is 1. The van der Waals surface area contributed by atoms with Gasteiger partial charge in [0.15, 0.2) is 11.5 Å². The van der Waals surface area contributed by atoms with Gasteiger partial charge in [0.1, 0.15) is 0 Å². The number of fused-ring (bicyclic) bond motifs is 1. The maximum absolute atomic E-state index is 13.4. The van der Waals surface area contributed by atoms with E-state index in [1.165, 1.54) is 0 Å². The summed E-state index contributed by atoms with van der Waals surface area (Å²) in [5.41, 5.74) is 3.18. The summed E-state index contributed by atoms with van der Waals surface area (Å²) in [6, 6.07) is 7.86. The van der Waals surface area contributed by atoms with Crippen LogP contribution in [0.25, 0.3) is 0 Å². The number of nitrogens with one attached hydrogen (secondary N) is 1. The van der Waals surface area contributed by atoms with E-state index in [4.69, 9.17) is 4.74 Å². The first kappa shape index (κ1) is 20.1. The second-order valence-electron chi connectivity index (χ2n) is 6.98. The number of ether oxygens (including phenoxy) is 1. The fraction of sp³-hybridized carbons (Fsp3) is 0.476. The lowest BCUT2D eigenvalue weighted by Crippen LogP contribution is -2.32. The summed E-state index contributed by atoms with van der Waals surface area (Å²) >= 11 is 0. The van der Waals surface area contributed by atoms with Crippen molar-refractivity contribution in [3.05, 3.63) is 47.0 Å². The molecule has 1 aromatic heterocycles. The monoisotopic (exact) mass is 384 g/mol. The molecule has 0 saturated carbocycles. The Bertz CT molecular complexity index is 859. The summed E-state index contributed by atoms with van der Waals surface area (Å²) < 4.78 is 6.89. The Balaban J connectivity index is 1.94. The summed E-state index contributed by atoms with van der Waals surface area (Å²) in [5.74, 6) is -0.109. The lowest BCUT2D eigenvalue weighted by Gasteiger charge is -2.22. The molecule has 2 aromatic rings. The van der Waals surface area contributed by atoms with Gasteiger partial charge < -0.3 is 19.5 Å². The van der Waals surface area contributed by atoms with Gasteiger partial charge in [-0.15, -0.1) is 0 Å². The van der Waals surface area contributed by atoms with Crippen molar-refractivity contribution in [3.63, 3.8) is 0 Å². The third-order valence-corrected chi connectivity index (χ3v) is 4.99. The van der Waals surface area contributed by atoms with Crippen LogP contribution in [0.2, 0.25) is 0 Å². The molecular formula is C21H28N4O3. The maximum Gasteiger partial charge on any atom is 0.287 e. The van der Waals surface area contributed by atoms with E-state index >= 15 is 0 Å². The van der Waals surface area contributed by atoms with Gasteiger partial charge in [0.05, 0.1) is 12.3 Å². The Morgan fingerprint density at radius 1 is 1.32 bits per heavy atom. The minimum absolute atomic E-state index is 0.158. The van der Waals surface area contributed by atoms with Crippen LogP contribution in [-0.4, -0.2) is 48.2 Å². The number of carbonyl (C=O) groups is 2. The molecule has 0 bridgehead atoms. The van der Waals surface area contributed by atoms with Gasteiger partial charge in [-0.2, -0.15) is 0 Å². The Kier molecular flexibility index (Phi) is 6.46. The second kappa shape index (κ2) is 9.01. The van der Waals surface area contributed by atoms with Gasteiger partial charge in [0, 0.05) is 32.4 Å². The van der Waals surface area contributed by atoms with E-state index in [0.717, 1.165) is 36.2 Å². The van der Waals surface area contributed by atoms with Gasteiger partial charge in [0.25, 0.3) is 11.8 Å². The van der Waals surface area contributed by atoms with Crippen LogP contribution in [0.5, 0.6) is 0 Å².